The molecule has 0 N–H and O–H groups in total. The molecule has 3 aromatic rings. The second kappa shape index (κ2) is 8.22. The van der Waals surface area contributed by atoms with Gasteiger partial charge in [-0.3, -0.25) is 14.5 Å². The van der Waals surface area contributed by atoms with Crippen LogP contribution in [0.3, 0.4) is 0 Å². The molecule has 1 unspecified atom stereocenters. The zero-order valence-electron chi connectivity index (χ0n) is 17.3. The Labute approximate surface area is 188 Å². The van der Waals surface area contributed by atoms with Crippen molar-refractivity contribution in [2.45, 2.75) is 13.0 Å². The molecule has 31 heavy (non-hydrogen) atoms. The van der Waals surface area contributed by atoms with Crippen LogP contribution in [0.15, 0.2) is 56.1 Å². The number of rotatable bonds is 4. The Kier molecular flexibility index (Phi) is 5.42. The number of fused-ring (bicyclic) bond motifs is 2. The number of amides is 1. The maximum Gasteiger partial charge on any atom is 0.290 e. The molecule has 2 aliphatic heterocycles. The van der Waals surface area contributed by atoms with Crippen LogP contribution in [0, 0.1) is 6.92 Å². The van der Waals surface area contributed by atoms with Crippen molar-refractivity contribution in [1.82, 2.24) is 9.80 Å². The summed E-state index contributed by atoms with van der Waals surface area (Å²) in [4.78, 5) is 31.0. The molecule has 3 heterocycles. The number of carbonyl (C=O) groups is 1. The van der Waals surface area contributed by atoms with E-state index in [1.165, 1.54) is 0 Å². The molecule has 1 saturated heterocycles. The summed E-state index contributed by atoms with van der Waals surface area (Å²) in [5.74, 6) is -0.0665. The predicted molar refractivity (Wildman–Crippen MR) is 122 cm³/mol. The maximum absolute atomic E-state index is 13.5. The van der Waals surface area contributed by atoms with Gasteiger partial charge in [0, 0.05) is 30.7 Å². The molecule has 5 rings (SSSR count). The van der Waals surface area contributed by atoms with Crippen molar-refractivity contribution in [1.29, 1.82) is 0 Å². The standard InChI is InChI=1S/C24H23BrN2O4/c1-15-2-4-16(5-3-15)21-20-22(28)18-14-17(25)6-7-19(18)31-23(20)24(29)27(21)9-8-26-10-12-30-13-11-26/h2-7,14,21H,8-13H2,1H3. The summed E-state index contributed by atoms with van der Waals surface area (Å²) in [7, 11) is 0. The van der Waals surface area contributed by atoms with Crippen molar-refractivity contribution in [3.8, 4) is 0 Å². The summed E-state index contributed by atoms with van der Waals surface area (Å²) < 4.78 is 12.2. The van der Waals surface area contributed by atoms with Gasteiger partial charge >= 0.3 is 0 Å². The Morgan fingerprint density at radius 3 is 2.52 bits per heavy atom. The summed E-state index contributed by atoms with van der Waals surface area (Å²) in [6.45, 7) is 6.36. The lowest BCUT2D eigenvalue weighted by atomic mass is 9.98. The summed E-state index contributed by atoms with van der Waals surface area (Å²) >= 11 is 3.43. The number of aryl methyl sites for hydroxylation is 1. The first-order valence-corrected chi connectivity index (χ1v) is 11.3. The van der Waals surface area contributed by atoms with E-state index >= 15 is 0 Å². The van der Waals surface area contributed by atoms with Gasteiger partial charge in [0.1, 0.15) is 5.58 Å². The molecule has 0 radical (unpaired) electrons. The van der Waals surface area contributed by atoms with Crippen molar-refractivity contribution >= 4 is 32.8 Å². The number of benzene rings is 2. The predicted octanol–water partition coefficient (Wildman–Crippen LogP) is 3.74. The average Bonchev–Trinajstić information content (AvgIpc) is 3.06. The molecule has 0 spiro atoms. The Balaban J connectivity index is 1.60. The molecular formula is C24H23BrN2O4. The molecule has 0 saturated carbocycles. The lowest BCUT2D eigenvalue weighted by Crippen LogP contribution is -2.42. The highest BCUT2D eigenvalue weighted by Crippen LogP contribution is 2.38. The van der Waals surface area contributed by atoms with Crippen LogP contribution in [0.1, 0.15) is 33.3 Å². The van der Waals surface area contributed by atoms with Gasteiger partial charge in [0.15, 0.2) is 5.43 Å². The van der Waals surface area contributed by atoms with E-state index in [1.54, 1.807) is 17.0 Å². The van der Waals surface area contributed by atoms with Gasteiger partial charge in [-0.25, -0.2) is 0 Å². The number of halogens is 1. The molecule has 0 bridgehead atoms. The Bertz CT molecular complexity index is 1200. The van der Waals surface area contributed by atoms with E-state index in [4.69, 9.17) is 9.15 Å². The molecule has 0 aliphatic carbocycles. The molecule has 1 atom stereocenters. The SMILES string of the molecule is Cc1ccc(C2c3c(oc4ccc(Br)cc4c3=O)C(=O)N2CCN2CCOCC2)cc1. The molecule has 1 fully saturated rings. The zero-order chi connectivity index (χ0) is 21.5. The number of ether oxygens (including phenoxy) is 1. The third-order valence-electron chi connectivity index (χ3n) is 6.08. The van der Waals surface area contributed by atoms with Crippen molar-refractivity contribution in [3.63, 3.8) is 0 Å². The zero-order valence-corrected chi connectivity index (χ0v) is 18.9. The third-order valence-corrected chi connectivity index (χ3v) is 6.57. The van der Waals surface area contributed by atoms with E-state index in [0.717, 1.165) is 35.2 Å². The summed E-state index contributed by atoms with van der Waals surface area (Å²) in [6, 6.07) is 12.9. The summed E-state index contributed by atoms with van der Waals surface area (Å²) in [6.07, 6.45) is 0. The fourth-order valence-electron chi connectivity index (χ4n) is 4.39. The topological polar surface area (TPSA) is 63.0 Å². The van der Waals surface area contributed by atoms with Crippen LogP contribution in [0.4, 0.5) is 0 Å². The van der Waals surface area contributed by atoms with E-state index < -0.39 is 6.04 Å². The van der Waals surface area contributed by atoms with Gasteiger partial charge < -0.3 is 14.1 Å². The van der Waals surface area contributed by atoms with Gasteiger partial charge in [0.2, 0.25) is 5.76 Å². The molecule has 1 amide bonds. The molecule has 2 aliphatic rings. The monoisotopic (exact) mass is 482 g/mol. The smallest absolute Gasteiger partial charge is 0.290 e. The average molecular weight is 483 g/mol. The fourth-order valence-corrected chi connectivity index (χ4v) is 4.75. The van der Waals surface area contributed by atoms with Crippen LogP contribution in [0.2, 0.25) is 0 Å². The van der Waals surface area contributed by atoms with Crippen LogP contribution in [-0.4, -0.2) is 55.1 Å². The molecule has 6 nitrogen and oxygen atoms in total. The van der Waals surface area contributed by atoms with Crippen molar-refractivity contribution in [3.05, 3.63) is 79.6 Å². The van der Waals surface area contributed by atoms with E-state index in [1.807, 2.05) is 37.3 Å². The summed E-state index contributed by atoms with van der Waals surface area (Å²) in [5.41, 5.74) is 2.76. The number of morpholine rings is 1. The van der Waals surface area contributed by atoms with Gasteiger partial charge in [0.05, 0.1) is 30.2 Å². The normalized spacial score (nSPS) is 19.2. The van der Waals surface area contributed by atoms with E-state index in [9.17, 15) is 9.59 Å². The van der Waals surface area contributed by atoms with E-state index in [-0.39, 0.29) is 17.1 Å². The fraction of sp³-hybridized carbons (Fsp3) is 0.333. The number of hydrogen-bond donors (Lipinski definition) is 0. The first-order chi connectivity index (χ1) is 15.0. The van der Waals surface area contributed by atoms with E-state index in [2.05, 4.69) is 20.8 Å². The highest BCUT2D eigenvalue weighted by Gasteiger charge is 2.42. The third kappa shape index (κ3) is 3.71. The van der Waals surface area contributed by atoms with Crippen LogP contribution in [0.5, 0.6) is 0 Å². The molecule has 7 heteroatoms. The van der Waals surface area contributed by atoms with Crippen molar-refractivity contribution in [2.75, 3.05) is 39.4 Å². The second-order valence-electron chi connectivity index (χ2n) is 8.08. The molecule has 2 aromatic carbocycles. The van der Waals surface area contributed by atoms with Gasteiger partial charge in [-0.15, -0.1) is 0 Å². The van der Waals surface area contributed by atoms with Crippen LogP contribution in [-0.2, 0) is 4.74 Å². The highest BCUT2D eigenvalue weighted by atomic mass is 79.9. The Morgan fingerprint density at radius 2 is 1.77 bits per heavy atom. The molecule has 1 aromatic heterocycles. The Morgan fingerprint density at radius 1 is 1.03 bits per heavy atom. The van der Waals surface area contributed by atoms with Crippen molar-refractivity contribution in [2.24, 2.45) is 0 Å². The molecular weight excluding hydrogens is 460 g/mol. The van der Waals surface area contributed by atoms with Crippen molar-refractivity contribution < 1.29 is 13.9 Å². The van der Waals surface area contributed by atoms with E-state index in [0.29, 0.717) is 36.3 Å². The lowest BCUT2D eigenvalue weighted by molar-refractivity contribution is 0.0314. The number of carbonyl (C=O) groups excluding carboxylic acids is 1. The molecule has 160 valence electrons. The Hall–Kier alpha value is -2.48. The van der Waals surface area contributed by atoms with Crippen LogP contribution >= 0.6 is 15.9 Å². The summed E-state index contributed by atoms with van der Waals surface area (Å²) in [5, 5.41) is 0.480. The number of hydrogen-bond acceptors (Lipinski definition) is 5. The maximum atomic E-state index is 13.5. The minimum Gasteiger partial charge on any atom is -0.450 e. The number of nitrogens with zero attached hydrogens (tertiary/aromatic N) is 2. The van der Waals surface area contributed by atoms with Gasteiger partial charge in [-0.2, -0.15) is 0 Å². The first-order valence-electron chi connectivity index (χ1n) is 10.5. The minimum absolute atomic E-state index is 0.148. The highest BCUT2D eigenvalue weighted by molar-refractivity contribution is 9.10. The largest absolute Gasteiger partial charge is 0.450 e. The minimum atomic E-state index is -0.455. The van der Waals surface area contributed by atoms with Gasteiger partial charge in [0.25, 0.3) is 5.91 Å². The van der Waals surface area contributed by atoms with Crippen LogP contribution in [0.25, 0.3) is 11.0 Å². The first kappa shape index (κ1) is 20.4. The second-order valence-corrected chi connectivity index (χ2v) is 9.00. The quantitative estimate of drug-likeness (QED) is 0.566. The van der Waals surface area contributed by atoms with Gasteiger partial charge in [-0.1, -0.05) is 45.8 Å². The van der Waals surface area contributed by atoms with Gasteiger partial charge in [-0.05, 0) is 30.7 Å². The lowest BCUT2D eigenvalue weighted by Gasteiger charge is -2.31. The van der Waals surface area contributed by atoms with Crippen LogP contribution < -0.4 is 5.43 Å².